The van der Waals surface area contributed by atoms with Crippen molar-refractivity contribution < 1.29 is 0 Å². The van der Waals surface area contributed by atoms with Gasteiger partial charge in [0, 0.05) is 22.2 Å². The van der Waals surface area contributed by atoms with Crippen LogP contribution in [0.15, 0.2) is 24.3 Å². The fourth-order valence-corrected chi connectivity index (χ4v) is 6.16. The maximum Gasteiger partial charge on any atom is 0.0135 e. The van der Waals surface area contributed by atoms with Crippen LogP contribution in [0, 0.1) is 0 Å². The summed E-state index contributed by atoms with van der Waals surface area (Å²) in [6.07, 6.45) is 4.85. The zero-order valence-corrected chi connectivity index (χ0v) is 18.3. The van der Waals surface area contributed by atoms with Crippen LogP contribution < -0.4 is 10.6 Å². The summed E-state index contributed by atoms with van der Waals surface area (Å²) in [5.41, 5.74) is 3.85. The third-order valence-electron chi connectivity index (χ3n) is 6.26. The van der Waals surface area contributed by atoms with E-state index in [-0.39, 0.29) is 22.2 Å². The molecule has 0 radical (unpaired) electrons. The zero-order chi connectivity index (χ0) is 19.4. The lowest BCUT2D eigenvalue weighted by atomic mass is 9.71. The molecule has 26 heavy (non-hydrogen) atoms. The quantitative estimate of drug-likeness (QED) is 0.706. The molecule has 2 aliphatic rings. The largest absolute Gasteiger partial charge is 0.307 e. The van der Waals surface area contributed by atoms with Crippen molar-refractivity contribution in [3.63, 3.8) is 0 Å². The second kappa shape index (κ2) is 6.34. The molecule has 1 aromatic carbocycles. The first-order valence-corrected chi connectivity index (χ1v) is 10.4. The third-order valence-corrected chi connectivity index (χ3v) is 6.26. The van der Waals surface area contributed by atoms with Gasteiger partial charge in [0.15, 0.2) is 0 Å². The molecule has 2 heteroatoms. The van der Waals surface area contributed by atoms with Gasteiger partial charge in [-0.15, -0.1) is 0 Å². The van der Waals surface area contributed by atoms with E-state index >= 15 is 0 Å². The summed E-state index contributed by atoms with van der Waals surface area (Å²) >= 11 is 0. The molecule has 2 heterocycles. The number of benzene rings is 1. The highest BCUT2D eigenvalue weighted by Gasteiger charge is 2.39. The molecule has 0 bridgehead atoms. The first-order chi connectivity index (χ1) is 11.8. The summed E-state index contributed by atoms with van der Waals surface area (Å²) in [5.74, 6) is 1.30. The van der Waals surface area contributed by atoms with Crippen molar-refractivity contribution in [3.8, 4) is 0 Å². The van der Waals surface area contributed by atoms with E-state index in [2.05, 4.69) is 90.3 Å². The van der Waals surface area contributed by atoms with Crippen LogP contribution >= 0.6 is 0 Å². The molecule has 2 saturated heterocycles. The highest BCUT2D eigenvalue weighted by molar-refractivity contribution is 5.30. The van der Waals surface area contributed by atoms with Crippen molar-refractivity contribution in [1.29, 1.82) is 0 Å². The first kappa shape index (κ1) is 19.9. The van der Waals surface area contributed by atoms with Gasteiger partial charge in [-0.2, -0.15) is 0 Å². The lowest BCUT2D eigenvalue weighted by molar-refractivity contribution is 0.160. The minimum absolute atomic E-state index is 0.203. The van der Waals surface area contributed by atoms with Crippen molar-refractivity contribution in [3.05, 3.63) is 35.4 Å². The van der Waals surface area contributed by atoms with Crippen molar-refractivity contribution >= 4 is 0 Å². The molecule has 2 nitrogen and oxygen atoms in total. The molecule has 0 spiro atoms. The lowest BCUT2D eigenvalue weighted by Gasteiger charge is -2.47. The van der Waals surface area contributed by atoms with Crippen LogP contribution in [0.3, 0.4) is 0 Å². The van der Waals surface area contributed by atoms with Crippen LogP contribution in [0.25, 0.3) is 0 Å². The molecule has 0 atom stereocenters. The number of hydrogen-bond donors (Lipinski definition) is 2. The van der Waals surface area contributed by atoms with E-state index in [1.165, 1.54) is 36.8 Å². The number of piperidine rings is 2. The van der Waals surface area contributed by atoms with Gasteiger partial charge in [0.05, 0.1) is 0 Å². The number of nitrogens with one attached hydrogen (secondary N) is 2. The molecule has 0 amide bonds. The monoisotopic (exact) mass is 356 g/mol. The van der Waals surface area contributed by atoms with Crippen LogP contribution in [0.5, 0.6) is 0 Å². The zero-order valence-electron chi connectivity index (χ0n) is 18.3. The van der Waals surface area contributed by atoms with Gasteiger partial charge < -0.3 is 10.6 Å². The van der Waals surface area contributed by atoms with Gasteiger partial charge in [0.25, 0.3) is 0 Å². The van der Waals surface area contributed by atoms with Gasteiger partial charge in [-0.1, -0.05) is 24.3 Å². The lowest BCUT2D eigenvalue weighted by Crippen LogP contribution is -2.57. The van der Waals surface area contributed by atoms with Crippen molar-refractivity contribution in [2.75, 3.05) is 0 Å². The molecule has 1 aromatic rings. The Kier molecular flexibility index (Phi) is 4.85. The normalized spacial score (nSPS) is 28.0. The molecule has 0 aromatic heterocycles. The van der Waals surface area contributed by atoms with E-state index in [4.69, 9.17) is 0 Å². The van der Waals surface area contributed by atoms with Gasteiger partial charge in [-0.3, -0.25) is 0 Å². The molecule has 3 rings (SSSR count). The molecule has 0 unspecified atom stereocenters. The molecule has 0 aliphatic carbocycles. The Morgan fingerprint density at radius 2 is 0.769 bits per heavy atom. The van der Waals surface area contributed by atoms with Gasteiger partial charge in [0.2, 0.25) is 0 Å². The van der Waals surface area contributed by atoms with Gasteiger partial charge in [-0.05, 0) is 104 Å². The molecule has 2 aliphatic heterocycles. The average molecular weight is 357 g/mol. The van der Waals surface area contributed by atoms with E-state index < -0.39 is 0 Å². The summed E-state index contributed by atoms with van der Waals surface area (Å²) in [4.78, 5) is 0. The maximum absolute atomic E-state index is 3.81. The van der Waals surface area contributed by atoms with Crippen molar-refractivity contribution in [2.24, 2.45) is 0 Å². The topological polar surface area (TPSA) is 24.1 Å². The second-order valence-corrected chi connectivity index (χ2v) is 11.7. The Hall–Kier alpha value is -0.860. The SMILES string of the molecule is CC1(C)CC(c2ccc(C3CC(C)(C)NC(C)(C)C3)cc2)CC(C)(C)N1. The Bertz CT molecular complexity index is 548. The van der Waals surface area contributed by atoms with Crippen LogP contribution in [0.4, 0.5) is 0 Å². The molecule has 2 fully saturated rings. The Morgan fingerprint density at radius 3 is 1.00 bits per heavy atom. The third kappa shape index (κ3) is 4.70. The summed E-state index contributed by atoms with van der Waals surface area (Å²) in [6, 6.07) is 9.66. The molecule has 146 valence electrons. The van der Waals surface area contributed by atoms with E-state index in [0.29, 0.717) is 11.8 Å². The number of rotatable bonds is 2. The van der Waals surface area contributed by atoms with Crippen molar-refractivity contribution in [1.82, 2.24) is 10.6 Å². The van der Waals surface area contributed by atoms with Gasteiger partial charge in [-0.25, -0.2) is 0 Å². The standard InChI is InChI=1S/C24H40N2/c1-21(2)13-19(14-22(3,4)25-21)17-9-11-18(12-10-17)20-15-23(5,6)26-24(7,8)16-20/h9-12,19-20,25-26H,13-16H2,1-8H3. The smallest absolute Gasteiger partial charge is 0.0135 e. The molecular formula is C24H40N2. The van der Waals surface area contributed by atoms with Gasteiger partial charge >= 0.3 is 0 Å². The predicted molar refractivity (Wildman–Crippen MR) is 113 cm³/mol. The van der Waals surface area contributed by atoms with E-state index in [0.717, 1.165) is 0 Å². The average Bonchev–Trinajstić information content (AvgIpc) is 2.41. The van der Waals surface area contributed by atoms with E-state index in [1.807, 2.05) is 0 Å². The van der Waals surface area contributed by atoms with Crippen LogP contribution in [-0.4, -0.2) is 22.2 Å². The predicted octanol–water partition coefficient (Wildman–Crippen LogP) is 5.74. The molecular weight excluding hydrogens is 316 g/mol. The van der Waals surface area contributed by atoms with Gasteiger partial charge in [0.1, 0.15) is 0 Å². The number of hydrogen-bond acceptors (Lipinski definition) is 2. The minimum atomic E-state index is 0.203. The highest BCUT2D eigenvalue weighted by Crippen LogP contribution is 2.41. The summed E-state index contributed by atoms with van der Waals surface area (Å²) in [6.45, 7) is 18.7. The second-order valence-electron chi connectivity index (χ2n) is 11.7. The van der Waals surface area contributed by atoms with E-state index in [9.17, 15) is 0 Å². The molecule has 0 saturated carbocycles. The Labute approximate surface area is 161 Å². The maximum atomic E-state index is 3.81. The first-order valence-electron chi connectivity index (χ1n) is 10.4. The Balaban J connectivity index is 1.78. The highest BCUT2D eigenvalue weighted by atomic mass is 15.1. The van der Waals surface area contributed by atoms with Crippen LogP contribution in [0.2, 0.25) is 0 Å². The fourth-order valence-electron chi connectivity index (χ4n) is 6.16. The molecule has 2 N–H and O–H groups in total. The fraction of sp³-hybridized carbons (Fsp3) is 0.750. The van der Waals surface area contributed by atoms with Crippen LogP contribution in [-0.2, 0) is 0 Å². The van der Waals surface area contributed by atoms with E-state index in [1.54, 1.807) is 0 Å². The minimum Gasteiger partial charge on any atom is -0.307 e. The Morgan fingerprint density at radius 1 is 0.538 bits per heavy atom. The van der Waals surface area contributed by atoms with Crippen LogP contribution in [0.1, 0.15) is 104 Å². The summed E-state index contributed by atoms with van der Waals surface area (Å²) in [5, 5.41) is 7.61. The summed E-state index contributed by atoms with van der Waals surface area (Å²) in [7, 11) is 0. The van der Waals surface area contributed by atoms with Crippen molar-refractivity contribution in [2.45, 2.75) is 115 Å². The summed E-state index contributed by atoms with van der Waals surface area (Å²) < 4.78 is 0.